The lowest BCUT2D eigenvalue weighted by Crippen LogP contribution is -2.52. The number of halogens is 1. The van der Waals surface area contributed by atoms with Crippen molar-refractivity contribution >= 4 is 23.4 Å². The van der Waals surface area contributed by atoms with Gasteiger partial charge in [0.05, 0.1) is 18.9 Å². The fourth-order valence-corrected chi connectivity index (χ4v) is 3.93. The topological polar surface area (TPSA) is 58.6 Å². The van der Waals surface area contributed by atoms with Gasteiger partial charge in [-0.25, -0.2) is 0 Å². The number of piperidine rings is 1. The van der Waals surface area contributed by atoms with Crippen molar-refractivity contribution < 1.29 is 14.3 Å². The molecule has 0 spiro atoms. The van der Waals surface area contributed by atoms with E-state index >= 15 is 0 Å². The quantitative estimate of drug-likeness (QED) is 0.781. The molecule has 5 nitrogen and oxygen atoms in total. The largest absolute Gasteiger partial charge is 0.497 e. The molecule has 1 atom stereocenters. The zero-order valence-corrected chi connectivity index (χ0v) is 17.7. The van der Waals surface area contributed by atoms with Gasteiger partial charge in [0.1, 0.15) is 5.75 Å². The first kappa shape index (κ1) is 21.2. The molecule has 3 rings (SSSR count). The zero-order chi connectivity index (χ0) is 20.9. The van der Waals surface area contributed by atoms with Crippen LogP contribution in [0.4, 0.5) is 0 Å². The Morgan fingerprint density at radius 2 is 2.00 bits per heavy atom. The normalized spacial score (nSPS) is 18.9. The first-order valence-corrected chi connectivity index (χ1v) is 10.2. The lowest BCUT2D eigenvalue weighted by Gasteiger charge is -2.39. The number of benzene rings is 2. The number of nitrogens with one attached hydrogen (secondary N) is 1. The predicted molar refractivity (Wildman–Crippen MR) is 114 cm³/mol. The number of carbonyl (C=O) groups is 2. The van der Waals surface area contributed by atoms with Crippen LogP contribution in [0.1, 0.15) is 30.9 Å². The van der Waals surface area contributed by atoms with Gasteiger partial charge in [-0.3, -0.25) is 9.59 Å². The molecule has 0 saturated carbocycles. The second-order valence-corrected chi connectivity index (χ2v) is 8.19. The van der Waals surface area contributed by atoms with Crippen LogP contribution in [-0.2, 0) is 22.6 Å². The summed E-state index contributed by atoms with van der Waals surface area (Å²) in [7, 11) is 1.62. The molecular formula is C23H27ClN2O3. The molecule has 0 aliphatic carbocycles. The number of ether oxygens (including phenoxy) is 1. The van der Waals surface area contributed by atoms with E-state index in [0.29, 0.717) is 24.7 Å². The van der Waals surface area contributed by atoms with Gasteiger partial charge in [0.25, 0.3) is 0 Å². The Bertz CT molecular complexity index is 886. The third kappa shape index (κ3) is 5.30. The van der Waals surface area contributed by atoms with Crippen molar-refractivity contribution in [3.8, 4) is 5.75 Å². The number of rotatable bonds is 6. The standard InChI is InChI=1S/C23H27ClN2O3/c1-23(22(28)25-15-17-7-5-9-19(13-17)29-2)11-6-12-26(16-23)21(27)14-18-8-3-4-10-20(18)24/h3-5,7-10,13H,6,11-12,14-16H2,1-2H3,(H,25,28)/t23-/m1/s1. The van der Waals surface area contributed by atoms with Crippen molar-refractivity contribution in [2.45, 2.75) is 32.7 Å². The Morgan fingerprint density at radius 1 is 1.21 bits per heavy atom. The minimum atomic E-state index is -0.604. The molecule has 1 heterocycles. The van der Waals surface area contributed by atoms with E-state index in [0.717, 1.165) is 29.7 Å². The summed E-state index contributed by atoms with van der Waals surface area (Å²) in [5, 5.41) is 3.62. The Labute approximate surface area is 177 Å². The van der Waals surface area contributed by atoms with Crippen LogP contribution >= 0.6 is 11.6 Å². The van der Waals surface area contributed by atoms with Crippen LogP contribution in [0.5, 0.6) is 5.75 Å². The van der Waals surface area contributed by atoms with E-state index in [1.807, 2.05) is 49.4 Å². The molecule has 2 aromatic rings. The zero-order valence-electron chi connectivity index (χ0n) is 16.9. The van der Waals surface area contributed by atoms with E-state index in [4.69, 9.17) is 16.3 Å². The van der Waals surface area contributed by atoms with E-state index in [2.05, 4.69) is 5.32 Å². The molecule has 29 heavy (non-hydrogen) atoms. The van der Waals surface area contributed by atoms with E-state index < -0.39 is 5.41 Å². The predicted octanol–water partition coefficient (Wildman–Crippen LogP) is 3.84. The molecule has 1 aliphatic heterocycles. The fraction of sp³-hybridized carbons (Fsp3) is 0.391. The van der Waals surface area contributed by atoms with Crippen LogP contribution < -0.4 is 10.1 Å². The van der Waals surface area contributed by atoms with Gasteiger partial charge < -0.3 is 15.0 Å². The number of carbonyl (C=O) groups excluding carboxylic acids is 2. The Morgan fingerprint density at radius 3 is 2.76 bits per heavy atom. The number of methoxy groups -OCH3 is 1. The van der Waals surface area contributed by atoms with Crippen LogP contribution in [0.15, 0.2) is 48.5 Å². The van der Waals surface area contributed by atoms with Gasteiger partial charge in [0.2, 0.25) is 11.8 Å². The smallest absolute Gasteiger partial charge is 0.227 e. The average molecular weight is 415 g/mol. The maximum atomic E-state index is 12.9. The van der Waals surface area contributed by atoms with Crippen molar-refractivity contribution in [3.63, 3.8) is 0 Å². The first-order chi connectivity index (χ1) is 13.9. The molecule has 154 valence electrons. The minimum Gasteiger partial charge on any atom is -0.497 e. The Hall–Kier alpha value is -2.53. The molecule has 1 N–H and O–H groups in total. The molecule has 0 unspecified atom stereocenters. The lowest BCUT2D eigenvalue weighted by atomic mass is 9.80. The van der Waals surface area contributed by atoms with Crippen molar-refractivity contribution in [3.05, 3.63) is 64.7 Å². The van der Waals surface area contributed by atoms with Gasteiger partial charge in [0, 0.05) is 24.7 Å². The Kier molecular flexibility index (Phi) is 6.80. The summed E-state index contributed by atoms with van der Waals surface area (Å²) >= 11 is 6.19. The molecule has 0 bridgehead atoms. The number of hydrogen-bond donors (Lipinski definition) is 1. The highest BCUT2D eigenvalue weighted by Gasteiger charge is 2.39. The number of nitrogens with zero attached hydrogens (tertiary/aromatic N) is 1. The Balaban J connectivity index is 1.60. The van der Waals surface area contributed by atoms with Crippen LogP contribution in [-0.4, -0.2) is 36.9 Å². The molecule has 2 amide bonds. The summed E-state index contributed by atoms with van der Waals surface area (Å²) in [4.78, 5) is 27.5. The van der Waals surface area contributed by atoms with Gasteiger partial charge >= 0.3 is 0 Å². The highest BCUT2D eigenvalue weighted by atomic mass is 35.5. The highest BCUT2D eigenvalue weighted by molar-refractivity contribution is 6.31. The molecule has 2 aromatic carbocycles. The average Bonchev–Trinajstić information content (AvgIpc) is 2.73. The lowest BCUT2D eigenvalue weighted by molar-refractivity contribution is -0.140. The summed E-state index contributed by atoms with van der Waals surface area (Å²) in [6.07, 6.45) is 1.81. The third-order valence-corrected chi connectivity index (χ3v) is 5.85. The van der Waals surface area contributed by atoms with Crippen molar-refractivity contribution in [2.75, 3.05) is 20.2 Å². The van der Waals surface area contributed by atoms with E-state index in [1.54, 1.807) is 18.1 Å². The van der Waals surface area contributed by atoms with Gasteiger partial charge in [-0.2, -0.15) is 0 Å². The van der Waals surface area contributed by atoms with Crippen LogP contribution in [0.3, 0.4) is 0 Å². The molecular weight excluding hydrogens is 388 g/mol. The SMILES string of the molecule is COc1cccc(CNC(=O)[C@]2(C)CCCN(C(=O)Cc3ccccc3Cl)C2)c1. The summed E-state index contributed by atoms with van der Waals surface area (Å²) < 4.78 is 5.23. The summed E-state index contributed by atoms with van der Waals surface area (Å²) in [5.41, 5.74) is 1.19. The van der Waals surface area contributed by atoms with Crippen molar-refractivity contribution in [2.24, 2.45) is 5.41 Å². The van der Waals surface area contributed by atoms with Crippen molar-refractivity contribution in [1.82, 2.24) is 10.2 Å². The number of hydrogen-bond acceptors (Lipinski definition) is 3. The summed E-state index contributed by atoms with van der Waals surface area (Å²) in [5.74, 6) is 0.733. The van der Waals surface area contributed by atoms with Gasteiger partial charge in [-0.15, -0.1) is 0 Å². The van der Waals surface area contributed by atoms with Crippen LogP contribution in [0.2, 0.25) is 5.02 Å². The van der Waals surface area contributed by atoms with Crippen LogP contribution in [0.25, 0.3) is 0 Å². The number of likely N-dealkylation sites (tertiary alicyclic amines) is 1. The maximum Gasteiger partial charge on any atom is 0.227 e. The minimum absolute atomic E-state index is 0.00428. The molecule has 0 radical (unpaired) electrons. The molecule has 1 fully saturated rings. The fourth-order valence-electron chi connectivity index (χ4n) is 3.73. The second-order valence-electron chi connectivity index (χ2n) is 7.78. The number of amides is 2. The molecule has 1 aliphatic rings. The molecule has 1 saturated heterocycles. The van der Waals surface area contributed by atoms with E-state index in [-0.39, 0.29) is 18.2 Å². The summed E-state index contributed by atoms with van der Waals surface area (Å²) in [6, 6.07) is 15.0. The second kappa shape index (κ2) is 9.31. The third-order valence-electron chi connectivity index (χ3n) is 5.48. The highest BCUT2D eigenvalue weighted by Crippen LogP contribution is 2.30. The van der Waals surface area contributed by atoms with Gasteiger partial charge in [0.15, 0.2) is 0 Å². The summed E-state index contributed by atoms with van der Waals surface area (Å²) in [6.45, 7) is 3.45. The maximum absolute atomic E-state index is 12.9. The van der Waals surface area contributed by atoms with E-state index in [9.17, 15) is 9.59 Å². The molecule has 0 aromatic heterocycles. The van der Waals surface area contributed by atoms with Crippen LogP contribution in [0, 0.1) is 5.41 Å². The molecule has 6 heteroatoms. The van der Waals surface area contributed by atoms with Crippen molar-refractivity contribution in [1.29, 1.82) is 0 Å². The van der Waals surface area contributed by atoms with Gasteiger partial charge in [-0.1, -0.05) is 41.9 Å². The van der Waals surface area contributed by atoms with Gasteiger partial charge in [-0.05, 0) is 49.1 Å². The monoisotopic (exact) mass is 414 g/mol. The van der Waals surface area contributed by atoms with E-state index in [1.165, 1.54) is 0 Å². The first-order valence-electron chi connectivity index (χ1n) is 9.84.